The third-order valence-corrected chi connectivity index (χ3v) is 8.76. The fourth-order valence-electron chi connectivity index (χ4n) is 6.29. The van der Waals surface area contributed by atoms with E-state index in [4.69, 9.17) is 0 Å². The molecule has 33 heavy (non-hydrogen) atoms. The van der Waals surface area contributed by atoms with E-state index in [1.54, 1.807) is 11.0 Å². The molecule has 6 nitrogen and oxygen atoms in total. The van der Waals surface area contributed by atoms with Gasteiger partial charge in [-0.05, 0) is 54.0 Å². The summed E-state index contributed by atoms with van der Waals surface area (Å²) in [5.74, 6) is 0.291. The monoisotopic (exact) mass is 447 g/mol. The van der Waals surface area contributed by atoms with Crippen LogP contribution in [0, 0.1) is 11.3 Å². The Labute approximate surface area is 195 Å². The number of likely N-dealkylation sites (tertiary alicyclic amines) is 2. The molecule has 3 aliphatic rings. The molecule has 2 heterocycles. The van der Waals surface area contributed by atoms with Crippen molar-refractivity contribution in [2.75, 3.05) is 25.0 Å². The van der Waals surface area contributed by atoms with Crippen molar-refractivity contribution in [1.82, 2.24) is 9.80 Å². The van der Waals surface area contributed by atoms with Gasteiger partial charge in [-0.25, -0.2) is 4.79 Å². The SMILES string of the molecule is CC1(C)[C@H]2Cc3c(O)cccc3[C@]1(C)CCN2C(=O)C1CCN(C(=O)Nc2ccccc2)C1. The molecule has 0 spiro atoms. The molecule has 2 saturated heterocycles. The van der Waals surface area contributed by atoms with Gasteiger partial charge < -0.3 is 20.2 Å². The first-order valence-electron chi connectivity index (χ1n) is 11.9. The van der Waals surface area contributed by atoms with Gasteiger partial charge in [-0.1, -0.05) is 51.1 Å². The Balaban J connectivity index is 1.33. The normalized spacial score (nSPS) is 27.7. The molecule has 3 atom stereocenters. The second kappa shape index (κ2) is 7.79. The van der Waals surface area contributed by atoms with Crippen molar-refractivity contribution in [3.05, 3.63) is 59.7 Å². The van der Waals surface area contributed by atoms with Crippen molar-refractivity contribution >= 4 is 17.6 Å². The molecule has 1 aliphatic carbocycles. The van der Waals surface area contributed by atoms with Gasteiger partial charge in [0.15, 0.2) is 0 Å². The number of nitrogens with one attached hydrogen (secondary N) is 1. The summed E-state index contributed by atoms with van der Waals surface area (Å²) in [4.78, 5) is 30.2. The number of rotatable bonds is 2. The Morgan fingerprint density at radius 1 is 1.03 bits per heavy atom. The molecule has 0 aromatic heterocycles. The maximum Gasteiger partial charge on any atom is 0.321 e. The van der Waals surface area contributed by atoms with Crippen LogP contribution < -0.4 is 5.32 Å². The summed E-state index contributed by atoms with van der Waals surface area (Å²) in [5, 5.41) is 13.5. The van der Waals surface area contributed by atoms with Crippen LogP contribution in [0.2, 0.25) is 0 Å². The van der Waals surface area contributed by atoms with Crippen LogP contribution in [0.1, 0.15) is 44.7 Å². The largest absolute Gasteiger partial charge is 0.508 e. The third-order valence-electron chi connectivity index (χ3n) is 8.76. The van der Waals surface area contributed by atoms with E-state index in [2.05, 4.69) is 37.1 Å². The zero-order chi connectivity index (χ0) is 23.4. The van der Waals surface area contributed by atoms with Gasteiger partial charge in [0.25, 0.3) is 0 Å². The zero-order valence-corrected chi connectivity index (χ0v) is 19.7. The van der Waals surface area contributed by atoms with Gasteiger partial charge in [0, 0.05) is 36.8 Å². The Hall–Kier alpha value is -3.02. The molecule has 0 saturated carbocycles. The Kier molecular flexibility index (Phi) is 5.15. The van der Waals surface area contributed by atoms with Gasteiger partial charge >= 0.3 is 6.03 Å². The fraction of sp³-hybridized carbons (Fsp3) is 0.481. The first kappa shape index (κ1) is 21.8. The van der Waals surface area contributed by atoms with Crippen molar-refractivity contribution in [1.29, 1.82) is 0 Å². The first-order chi connectivity index (χ1) is 15.7. The average Bonchev–Trinajstić information content (AvgIpc) is 3.28. The molecule has 1 unspecified atom stereocenters. The number of phenols is 1. The Morgan fingerprint density at radius 3 is 2.55 bits per heavy atom. The Bertz CT molecular complexity index is 1080. The number of aromatic hydroxyl groups is 1. The van der Waals surface area contributed by atoms with Crippen LogP contribution in [0.25, 0.3) is 0 Å². The molecular formula is C27H33N3O3. The van der Waals surface area contributed by atoms with Crippen molar-refractivity contribution < 1.29 is 14.7 Å². The lowest BCUT2D eigenvalue weighted by molar-refractivity contribution is -0.147. The van der Waals surface area contributed by atoms with E-state index in [-0.39, 0.29) is 34.7 Å². The van der Waals surface area contributed by atoms with Crippen molar-refractivity contribution in [2.45, 2.75) is 51.5 Å². The van der Waals surface area contributed by atoms with Crippen molar-refractivity contribution in [3.8, 4) is 5.75 Å². The molecular weight excluding hydrogens is 414 g/mol. The summed E-state index contributed by atoms with van der Waals surface area (Å²) in [6.45, 7) is 8.55. The lowest BCUT2D eigenvalue weighted by Crippen LogP contribution is -2.65. The van der Waals surface area contributed by atoms with E-state index >= 15 is 0 Å². The number of hydrogen-bond donors (Lipinski definition) is 2. The van der Waals surface area contributed by atoms with E-state index in [1.807, 2.05) is 36.4 Å². The molecule has 0 radical (unpaired) electrons. The molecule has 5 rings (SSSR count). The molecule has 6 heteroatoms. The number of urea groups is 1. The van der Waals surface area contributed by atoms with E-state index in [1.165, 1.54) is 5.56 Å². The van der Waals surface area contributed by atoms with Crippen molar-refractivity contribution in [2.24, 2.45) is 11.3 Å². The molecule has 2 aromatic carbocycles. The number of amides is 3. The summed E-state index contributed by atoms with van der Waals surface area (Å²) >= 11 is 0. The highest BCUT2D eigenvalue weighted by atomic mass is 16.3. The molecule has 174 valence electrons. The van der Waals surface area contributed by atoms with Gasteiger partial charge in [-0.3, -0.25) is 4.79 Å². The summed E-state index contributed by atoms with van der Waals surface area (Å²) in [7, 11) is 0. The smallest absolute Gasteiger partial charge is 0.321 e. The van der Waals surface area contributed by atoms with Gasteiger partial charge in [0.2, 0.25) is 5.91 Å². The number of anilines is 1. The minimum Gasteiger partial charge on any atom is -0.508 e. The predicted octanol–water partition coefficient (Wildman–Crippen LogP) is 4.39. The number of piperidine rings is 1. The number of nitrogens with zero attached hydrogens (tertiary/aromatic N) is 2. The van der Waals surface area contributed by atoms with Gasteiger partial charge in [-0.2, -0.15) is 0 Å². The lowest BCUT2D eigenvalue weighted by Gasteiger charge is -2.61. The second-order valence-corrected chi connectivity index (χ2v) is 10.6. The van der Waals surface area contributed by atoms with Gasteiger partial charge in [-0.15, -0.1) is 0 Å². The van der Waals surface area contributed by atoms with E-state index in [9.17, 15) is 14.7 Å². The number of carbonyl (C=O) groups is 2. The van der Waals surface area contributed by atoms with Crippen LogP contribution in [0.3, 0.4) is 0 Å². The third kappa shape index (κ3) is 3.38. The standard InChI is InChI=1S/C27H33N3O3/c1-26(2)23-16-20-21(10-7-11-22(20)31)27(26,3)13-15-30(23)24(32)18-12-14-29(17-18)25(33)28-19-8-5-4-6-9-19/h4-11,18,23,31H,12-17H2,1-3H3,(H,28,33)/t18?,23-,27+/m1/s1. The topological polar surface area (TPSA) is 72.9 Å². The first-order valence-corrected chi connectivity index (χ1v) is 11.9. The highest BCUT2D eigenvalue weighted by Gasteiger charge is 2.57. The Morgan fingerprint density at radius 2 is 1.79 bits per heavy atom. The minimum atomic E-state index is -0.183. The number of phenolic OH excluding ortho intramolecular Hbond substituents is 1. The molecule has 2 aromatic rings. The summed E-state index contributed by atoms with van der Waals surface area (Å²) in [6, 6.07) is 15.1. The van der Waals surface area contributed by atoms with Gasteiger partial charge in [0.1, 0.15) is 5.75 Å². The summed E-state index contributed by atoms with van der Waals surface area (Å²) in [5.41, 5.74) is 2.75. The molecule has 2 aliphatic heterocycles. The average molecular weight is 448 g/mol. The van der Waals surface area contributed by atoms with Crippen molar-refractivity contribution in [3.63, 3.8) is 0 Å². The number of fused-ring (bicyclic) bond motifs is 4. The molecule has 3 amide bonds. The van der Waals surface area contributed by atoms with Crippen LogP contribution in [-0.2, 0) is 16.6 Å². The maximum atomic E-state index is 13.7. The van der Waals surface area contributed by atoms with E-state index in [0.717, 1.165) is 17.7 Å². The highest BCUT2D eigenvalue weighted by Crippen LogP contribution is 2.57. The summed E-state index contributed by atoms with van der Waals surface area (Å²) < 4.78 is 0. The maximum absolute atomic E-state index is 13.7. The zero-order valence-electron chi connectivity index (χ0n) is 19.7. The van der Waals surface area contributed by atoms with Gasteiger partial charge in [0.05, 0.1) is 5.92 Å². The van der Waals surface area contributed by atoms with Crippen LogP contribution >= 0.6 is 0 Å². The summed E-state index contributed by atoms with van der Waals surface area (Å²) in [6.07, 6.45) is 2.22. The molecule has 2 fully saturated rings. The van der Waals surface area contributed by atoms with Crippen LogP contribution in [0.5, 0.6) is 5.75 Å². The predicted molar refractivity (Wildman–Crippen MR) is 128 cm³/mol. The van der Waals surface area contributed by atoms with E-state index < -0.39 is 0 Å². The molecule has 2 N–H and O–H groups in total. The second-order valence-electron chi connectivity index (χ2n) is 10.6. The fourth-order valence-corrected chi connectivity index (χ4v) is 6.29. The quantitative estimate of drug-likeness (QED) is 0.717. The number of para-hydroxylation sites is 1. The number of benzene rings is 2. The number of carbonyl (C=O) groups excluding carboxylic acids is 2. The van der Waals surface area contributed by atoms with Crippen LogP contribution in [0.4, 0.5) is 10.5 Å². The van der Waals surface area contributed by atoms with Crippen LogP contribution in [0.15, 0.2) is 48.5 Å². The van der Waals surface area contributed by atoms with Crippen LogP contribution in [-0.4, -0.2) is 52.5 Å². The van der Waals surface area contributed by atoms with E-state index in [0.29, 0.717) is 38.2 Å². The minimum absolute atomic E-state index is 0.0248. The lowest BCUT2D eigenvalue weighted by atomic mass is 9.51. The number of hydrogen-bond acceptors (Lipinski definition) is 3. The highest BCUT2D eigenvalue weighted by molar-refractivity contribution is 5.90. The molecule has 2 bridgehead atoms.